The molecule has 1 unspecified atom stereocenters. The van der Waals surface area contributed by atoms with E-state index in [-0.39, 0.29) is 0 Å². The van der Waals surface area contributed by atoms with Crippen molar-refractivity contribution in [1.29, 1.82) is 0 Å². The third-order valence-electron chi connectivity index (χ3n) is 4.94. The molecule has 0 radical (unpaired) electrons. The van der Waals surface area contributed by atoms with Gasteiger partial charge in [-0.15, -0.1) is 0 Å². The lowest BCUT2D eigenvalue weighted by molar-refractivity contribution is -0.130. The molecule has 3 amide bonds. The van der Waals surface area contributed by atoms with E-state index in [1.54, 1.807) is 49.4 Å². The summed E-state index contributed by atoms with van der Waals surface area (Å²) in [6, 6.07) is 11.0. The molecule has 1 aliphatic heterocycles. The quantitative estimate of drug-likeness (QED) is 0.568. The fraction of sp³-hybridized carbons (Fsp3) is 0.286. The summed E-state index contributed by atoms with van der Waals surface area (Å²) in [6.45, 7) is 1.19. The minimum atomic E-state index is -1.34. The lowest BCUT2D eigenvalue weighted by Gasteiger charge is -2.23. The maximum absolute atomic E-state index is 13.1. The van der Waals surface area contributed by atoms with Crippen LogP contribution >= 0.6 is 0 Å². The molecule has 0 aromatic heterocycles. The highest BCUT2D eigenvalue weighted by atomic mass is 16.5. The minimum absolute atomic E-state index is 0.301. The maximum atomic E-state index is 13.1. The molecule has 1 saturated heterocycles. The van der Waals surface area contributed by atoms with E-state index in [2.05, 4.69) is 5.32 Å². The van der Waals surface area contributed by atoms with E-state index in [0.717, 1.165) is 4.90 Å². The largest absolute Gasteiger partial charge is 0.496 e. The first-order valence-corrected chi connectivity index (χ1v) is 8.88. The van der Waals surface area contributed by atoms with Crippen molar-refractivity contribution in [2.45, 2.75) is 12.5 Å². The predicted molar refractivity (Wildman–Crippen MR) is 104 cm³/mol. The first-order valence-electron chi connectivity index (χ1n) is 8.88. The molecule has 0 bridgehead atoms. The van der Waals surface area contributed by atoms with Crippen LogP contribution in [0.4, 0.5) is 4.79 Å². The summed E-state index contributed by atoms with van der Waals surface area (Å²) in [4.78, 5) is 39.2. The number of ether oxygens (including phenoxy) is 3. The number of nitrogens with zero attached hydrogens (tertiary/aromatic N) is 1. The van der Waals surface area contributed by atoms with E-state index in [9.17, 15) is 14.4 Å². The molecule has 1 heterocycles. The van der Waals surface area contributed by atoms with Crippen LogP contribution in [0, 0.1) is 0 Å². The third-order valence-corrected chi connectivity index (χ3v) is 4.94. The van der Waals surface area contributed by atoms with Gasteiger partial charge in [0.2, 0.25) is 0 Å². The third kappa shape index (κ3) is 3.49. The van der Waals surface area contributed by atoms with Crippen LogP contribution in [-0.4, -0.2) is 50.5 Å². The summed E-state index contributed by atoms with van der Waals surface area (Å²) in [5.74, 6) is 0.379. The number of para-hydroxylation sites is 1. The summed E-state index contributed by atoms with van der Waals surface area (Å²) in [5, 5.41) is 2.68. The van der Waals surface area contributed by atoms with Gasteiger partial charge in [0, 0.05) is 0 Å². The van der Waals surface area contributed by atoms with E-state index in [0.29, 0.717) is 28.4 Å². The second-order valence-electron chi connectivity index (χ2n) is 6.64. The molecule has 8 heteroatoms. The van der Waals surface area contributed by atoms with Gasteiger partial charge in [-0.1, -0.05) is 18.2 Å². The molecule has 2 aromatic rings. The van der Waals surface area contributed by atoms with Crippen LogP contribution in [0.1, 0.15) is 22.8 Å². The molecule has 152 valence electrons. The van der Waals surface area contributed by atoms with Gasteiger partial charge in [-0.3, -0.25) is 14.5 Å². The molecular weight excluding hydrogens is 376 g/mol. The molecular formula is C21H22N2O6. The number of carbonyl (C=O) groups is 3. The summed E-state index contributed by atoms with van der Waals surface area (Å²) < 4.78 is 15.7. The Bertz CT molecular complexity index is 973. The average molecular weight is 398 g/mol. The zero-order chi connectivity index (χ0) is 21.2. The average Bonchev–Trinajstić information content (AvgIpc) is 2.96. The molecule has 1 atom stereocenters. The molecule has 1 N–H and O–H groups in total. The van der Waals surface area contributed by atoms with Gasteiger partial charge in [0.15, 0.2) is 17.3 Å². The van der Waals surface area contributed by atoms with Gasteiger partial charge >= 0.3 is 6.03 Å². The van der Waals surface area contributed by atoms with E-state index in [1.807, 2.05) is 0 Å². The molecule has 2 aromatic carbocycles. The van der Waals surface area contributed by atoms with E-state index >= 15 is 0 Å². The number of nitrogens with one attached hydrogen (secondary N) is 1. The predicted octanol–water partition coefficient (Wildman–Crippen LogP) is 2.36. The second-order valence-corrected chi connectivity index (χ2v) is 6.64. The highest BCUT2D eigenvalue weighted by molar-refractivity contribution is 6.11. The Morgan fingerprint density at radius 2 is 1.62 bits per heavy atom. The van der Waals surface area contributed by atoms with Crippen LogP contribution < -0.4 is 19.5 Å². The summed E-state index contributed by atoms with van der Waals surface area (Å²) in [5.41, 5.74) is -0.520. The number of hydrogen-bond donors (Lipinski definition) is 1. The monoisotopic (exact) mass is 398 g/mol. The molecule has 0 saturated carbocycles. The van der Waals surface area contributed by atoms with Crippen LogP contribution in [0.5, 0.6) is 17.2 Å². The summed E-state index contributed by atoms with van der Waals surface area (Å²) in [6.07, 6.45) is 0. The summed E-state index contributed by atoms with van der Waals surface area (Å²) >= 11 is 0. The highest BCUT2D eigenvalue weighted by Gasteiger charge is 2.49. The van der Waals surface area contributed by atoms with Gasteiger partial charge < -0.3 is 19.5 Å². The van der Waals surface area contributed by atoms with Gasteiger partial charge in [-0.25, -0.2) is 4.79 Å². The Morgan fingerprint density at radius 3 is 2.28 bits per heavy atom. The SMILES string of the molecule is COc1ccc(C2(C)NC(=O)N(CC(=O)c3ccccc3OC)C2=O)cc1OC. The van der Waals surface area contributed by atoms with Gasteiger partial charge in [0.05, 0.1) is 33.4 Å². The van der Waals surface area contributed by atoms with Crippen LogP contribution in [0.15, 0.2) is 42.5 Å². The van der Waals surface area contributed by atoms with Crippen molar-refractivity contribution in [3.63, 3.8) is 0 Å². The fourth-order valence-electron chi connectivity index (χ4n) is 3.29. The number of rotatable bonds is 7. The maximum Gasteiger partial charge on any atom is 0.325 e. The van der Waals surface area contributed by atoms with Gasteiger partial charge in [0.25, 0.3) is 5.91 Å². The second kappa shape index (κ2) is 7.83. The van der Waals surface area contributed by atoms with Crippen molar-refractivity contribution in [1.82, 2.24) is 10.2 Å². The zero-order valence-electron chi connectivity index (χ0n) is 16.6. The zero-order valence-corrected chi connectivity index (χ0v) is 16.6. The van der Waals surface area contributed by atoms with Crippen LogP contribution in [0.2, 0.25) is 0 Å². The molecule has 1 aliphatic rings. The van der Waals surface area contributed by atoms with Gasteiger partial charge in [0.1, 0.15) is 11.3 Å². The van der Waals surface area contributed by atoms with E-state index < -0.39 is 29.8 Å². The number of benzene rings is 2. The number of ketones is 1. The van der Waals surface area contributed by atoms with Crippen LogP contribution in [0.3, 0.4) is 0 Å². The molecule has 0 spiro atoms. The van der Waals surface area contributed by atoms with Crippen molar-refractivity contribution in [2.24, 2.45) is 0 Å². The number of carbonyl (C=O) groups excluding carboxylic acids is 3. The molecule has 8 nitrogen and oxygen atoms in total. The van der Waals surface area contributed by atoms with Crippen molar-refractivity contribution in [3.8, 4) is 17.2 Å². The Balaban J connectivity index is 1.88. The van der Waals surface area contributed by atoms with Crippen molar-refractivity contribution in [2.75, 3.05) is 27.9 Å². The molecule has 0 aliphatic carbocycles. The molecule has 1 fully saturated rings. The van der Waals surface area contributed by atoms with Crippen molar-refractivity contribution in [3.05, 3.63) is 53.6 Å². The smallest absolute Gasteiger partial charge is 0.325 e. The normalized spacial score (nSPS) is 18.4. The Kier molecular flexibility index (Phi) is 5.45. The Labute approximate surface area is 168 Å². The first-order chi connectivity index (χ1) is 13.8. The fourth-order valence-corrected chi connectivity index (χ4v) is 3.29. The number of Topliss-reactive ketones (excluding diaryl/α,β-unsaturated/α-hetero) is 1. The number of hydrogen-bond acceptors (Lipinski definition) is 6. The highest BCUT2D eigenvalue weighted by Crippen LogP contribution is 2.35. The van der Waals surface area contributed by atoms with Crippen molar-refractivity contribution < 1.29 is 28.6 Å². The standard InChI is InChI=1S/C21H22N2O6/c1-21(13-9-10-17(28-3)18(11-13)29-4)19(25)23(20(26)22-21)12-15(24)14-7-5-6-8-16(14)27-2/h5-11H,12H2,1-4H3,(H,22,26). The van der Waals surface area contributed by atoms with Crippen LogP contribution in [0.25, 0.3) is 0 Å². The van der Waals surface area contributed by atoms with Crippen molar-refractivity contribution >= 4 is 17.7 Å². The Hall–Kier alpha value is -3.55. The first kappa shape index (κ1) is 20.2. The summed E-state index contributed by atoms with van der Waals surface area (Å²) in [7, 11) is 4.44. The Morgan fingerprint density at radius 1 is 0.966 bits per heavy atom. The van der Waals surface area contributed by atoms with Gasteiger partial charge in [-0.2, -0.15) is 0 Å². The van der Waals surface area contributed by atoms with Gasteiger partial charge in [-0.05, 0) is 36.8 Å². The number of imide groups is 1. The minimum Gasteiger partial charge on any atom is -0.496 e. The molecule has 3 rings (SSSR count). The van der Waals surface area contributed by atoms with Crippen LogP contribution in [-0.2, 0) is 10.3 Å². The lowest BCUT2D eigenvalue weighted by atomic mass is 9.91. The number of urea groups is 1. The molecule has 29 heavy (non-hydrogen) atoms. The number of amides is 3. The van der Waals surface area contributed by atoms with E-state index in [1.165, 1.54) is 21.3 Å². The lowest BCUT2D eigenvalue weighted by Crippen LogP contribution is -2.41. The van der Waals surface area contributed by atoms with E-state index in [4.69, 9.17) is 14.2 Å². The topological polar surface area (TPSA) is 94.2 Å². The number of methoxy groups -OCH3 is 3.